The number of carbonyl (C=O) groups excluding carboxylic acids is 1. The molecule has 1 atom stereocenters. The Morgan fingerprint density at radius 1 is 1.24 bits per heavy atom. The number of benzene rings is 1. The van der Waals surface area contributed by atoms with Crippen molar-refractivity contribution in [3.8, 4) is 5.19 Å². The number of fused-ring (bicyclic) bond motifs is 2. The summed E-state index contributed by atoms with van der Waals surface area (Å²) in [6.07, 6.45) is 9.27. The van der Waals surface area contributed by atoms with E-state index < -0.39 is 12.5 Å². The molecule has 3 heterocycles. The van der Waals surface area contributed by atoms with Crippen LogP contribution in [0.2, 0.25) is 0 Å². The number of pyridine rings is 1. The average molecular weight is 526 g/mol. The molecule has 0 saturated heterocycles. The van der Waals surface area contributed by atoms with Gasteiger partial charge in [-0.15, -0.1) is 0 Å². The van der Waals surface area contributed by atoms with Crippen molar-refractivity contribution in [3.05, 3.63) is 52.7 Å². The molecule has 0 N–H and O–H groups in total. The summed E-state index contributed by atoms with van der Waals surface area (Å²) in [6.45, 7) is 3.08. The summed E-state index contributed by atoms with van der Waals surface area (Å²) in [5.74, 6) is -1.43. The highest BCUT2D eigenvalue weighted by molar-refractivity contribution is 7.13. The van der Waals surface area contributed by atoms with Gasteiger partial charge < -0.3 is 4.74 Å². The molecule has 2 fully saturated rings. The van der Waals surface area contributed by atoms with Crippen molar-refractivity contribution in [3.63, 3.8) is 0 Å². The number of ether oxygens (including phenoxy) is 1. The van der Waals surface area contributed by atoms with Gasteiger partial charge in [-0.1, -0.05) is 29.5 Å². The van der Waals surface area contributed by atoms with Gasteiger partial charge in [0.05, 0.1) is 11.2 Å². The highest BCUT2D eigenvalue weighted by atomic mass is 32.1. The molecule has 8 heteroatoms. The van der Waals surface area contributed by atoms with Crippen LogP contribution in [0.4, 0.5) is 8.78 Å². The zero-order valence-corrected chi connectivity index (χ0v) is 22.0. The van der Waals surface area contributed by atoms with Gasteiger partial charge in [-0.05, 0) is 67.9 Å². The lowest BCUT2D eigenvalue weighted by molar-refractivity contribution is -0.0230. The number of hydrogen-bond donors (Lipinski definition) is 0. The Hall–Kier alpha value is -2.45. The standard InChI is InChI=1S/C29H33F2N3O2S/c1-28(30,31)18-36-27-33-24-17-34(13-9-26(24)37-27)16-20-15-29(20)10-7-19(8-11-29)14-25(35)22-4-2-6-23-21(22)5-3-12-32-23/h2-6,12,19-20H,7-11,13-18H2,1H3/t19?,20-,29?/m0/s1. The van der Waals surface area contributed by atoms with Gasteiger partial charge in [0.2, 0.25) is 0 Å². The molecule has 0 bridgehead atoms. The second-order valence-electron chi connectivity index (χ2n) is 11.4. The molecule has 0 unspecified atom stereocenters. The first-order valence-electron chi connectivity index (χ1n) is 13.4. The van der Waals surface area contributed by atoms with Crippen molar-refractivity contribution < 1.29 is 18.3 Å². The van der Waals surface area contributed by atoms with Gasteiger partial charge >= 0.3 is 0 Å². The topological polar surface area (TPSA) is 55.3 Å². The van der Waals surface area contributed by atoms with Crippen LogP contribution in [-0.2, 0) is 13.0 Å². The van der Waals surface area contributed by atoms with Crippen molar-refractivity contribution in [2.24, 2.45) is 17.3 Å². The molecule has 0 radical (unpaired) electrons. The molecule has 3 aliphatic rings. The fourth-order valence-corrected chi connectivity index (χ4v) is 7.33. The molecule has 2 aliphatic carbocycles. The summed E-state index contributed by atoms with van der Waals surface area (Å²) in [5, 5.41) is 1.32. The Kier molecular flexibility index (Phi) is 6.51. The third kappa shape index (κ3) is 5.41. The molecule has 1 aliphatic heterocycles. The van der Waals surface area contributed by atoms with E-state index in [0.29, 0.717) is 28.9 Å². The highest BCUT2D eigenvalue weighted by Crippen LogP contribution is 2.62. The minimum absolute atomic E-state index is 0.241. The molecular formula is C29H33F2N3O2S. The van der Waals surface area contributed by atoms with Crippen LogP contribution in [0.25, 0.3) is 10.9 Å². The Morgan fingerprint density at radius 3 is 2.89 bits per heavy atom. The molecular weight excluding hydrogens is 492 g/mol. The largest absolute Gasteiger partial charge is 0.464 e. The van der Waals surface area contributed by atoms with E-state index in [-0.39, 0.29) is 5.78 Å². The van der Waals surface area contributed by atoms with Crippen LogP contribution < -0.4 is 4.74 Å². The Balaban J connectivity index is 0.991. The quantitative estimate of drug-likeness (QED) is 0.312. The van der Waals surface area contributed by atoms with E-state index in [0.717, 1.165) is 68.0 Å². The Labute approximate surface area is 220 Å². The molecule has 0 amide bonds. The van der Waals surface area contributed by atoms with E-state index in [9.17, 15) is 13.6 Å². The first-order valence-corrected chi connectivity index (χ1v) is 14.2. The third-order valence-electron chi connectivity index (χ3n) is 8.59. The van der Waals surface area contributed by atoms with E-state index >= 15 is 0 Å². The van der Waals surface area contributed by atoms with Gasteiger partial charge in [0.15, 0.2) is 12.4 Å². The van der Waals surface area contributed by atoms with Gasteiger partial charge in [-0.25, -0.2) is 13.8 Å². The molecule has 37 heavy (non-hydrogen) atoms. The van der Waals surface area contributed by atoms with Crippen LogP contribution in [0.3, 0.4) is 0 Å². The highest BCUT2D eigenvalue weighted by Gasteiger charge is 2.55. The summed E-state index contributed by atoms with van der Waals surface area (Å²) in [4.78, 5) is 25.7. The zero-order valence-electron chi connectivity index (χ0n) is 21.2. The zero-order chi connectivity index (χ0) is 25.6. The number of nitrogens with zero attached hydrogens (tertiary/aromatic N) is 3. The van der Waals surface area contributed by atoms with Crippen LogP contribution >= 0.6 is 11.3 Å². The first kappa shape index (κ1) is 24.9. The SMILES string of the molecule is CC(F)(F)COc1nc2c(s1)CCN(C[C@@H]1CC13CCC(CC(=O)c1cccc4ncccc14)CC3)C2. The average Bonchev–Trinajstić information content (AvgIpc) is 3.35. The van der Waals surface area contributed by atoms with Gasteiger partial charge in [-0.3, -0.25) is 14.7 Å². The second-order valence-corrected chi connectivity index (χ2v) is 12.4. The number of hydrogen-bond acceptors (Lipinski definition) is 6. The minimum Gasteiger partial charge on any atom is -0.464 e. The maximum atomic E-state index is 13.1. The minimum atomic E-state index is -2.85. The van der Waals surface area contributed by atoms with Gasteiger partial charge in [-0.2, -0.15) is 0 Å². The van der Waals surface area contributed by atoms with Crippen molar-refractivity contribution in [1.29, 1.82) is 0 Å². The van der Waals surface area contributed by atoms with Gasteiger partial charge in [0.25, 0.3) is 11.1 Å². The molecule has 5 nitrogen and oxygen atoms in total. The van der Waals surface area contributed by atoms with E-state index in [1.807, 2.05) is 30.3 Å². The number of alkyl halides is 2. The number of halogens is 2. The molecule has 6 rings (SSSR count). The predicted octanol–water partition coefficient (Wildman–Crippen LogP) is 6.55. The first-order chi connectivity index (χ1) is 17.8. The van der Waals surface area contributed by atoms with Crippen molar-refractivity contribution in [1.82, 2.24) is 14.9 Å². The van der Waals surface area contributed by atoms with Gasteiger partial charge in [0.1, 0.15) is 0 Å². The molecule has 2 saturated carbocycles. The van der Waals surface area contributed by atoms with Crippen LogP contribution in [0.1, 0.15) is 66.4 Å². The summed E-state index contributed by atoms with van der Waals surface area (Å²) >= 11 is 1.41. The lowest BCUT2D eigenvalue weighted by Gasteiger charge is -2.31. The smallest absolute Gasteiger partial charge is 0.278 e. The van der Waals surface area contributed by atoms with E-state index in [1.54, 1.807) is 6.20 Å². The molecule has 3 aromatic rings. The van der Waals surface area contributed by atoms with E-state index in [2.05, 4.69) is 14.9 Å². The number of Topliss-reactive ketones (excluding diaryl/α,β-unsaturated/α-hetero) is 1. The molecule has 1 spiro atoms. The van der Waals surface area contributed by atoms with Crippen LogP contribution in [0, 0.1) is 17.3 Å². The maximum absolute atomic E-state index is 13.1. The number of rotatable bonds is 8. The van der Waals surface area contributed by atoms with Crippen LogP contribution in [0.5, 0.6) is 5.19 Å². The van der Waals surface area contributed by atoms with Crippen molar-refractivity contribution in [2.75, 3.05) is 19.7 Å². The Morgan fingerprint density at radius 2 is 2.08 bits per heavy atom. The van der Waals surface area contributed by atoms with Crippen LogP contribution in [-0.4, -0.2) is 46.3 Å². The molecule has 196 valence electrons. The van der Waals surface area contributed by atoms with Crippen molar-refractivity contribution >= 4 is 28.0 Å². The summed E-state index contributed by atoms with van der Waals surface area (Å²) in [7, 11) is 0. The molecule has 2 aromatic heterocycles. The normalized spacial score (nSPS) is 25.8. The third-order valence-corrected chi connectivity index (χ3v) is 9.66. The van der Waals surface area contributed by atoms with E-state index in [4.69, 9.17) is 4.74 Å². The summed E-state index contributed by atoms with van der Waals surface area (Å²) < 4.78 is 31.5. The number of ketones is 1. The predicted molar refractivity (Wildman–Crippen MR) is 140 cm³/mol. The summed E-state index contributed by atoms with van der Waals surface area (Å²) in [5.41, 5.74) is 3.13. The maximum Gasteiger partial charge on any atom is 0.278 e. The van der Waals surface area contributed by atoms with Gasteiger partial charge in [0, 0.05) is 55.0 Å². The monoisotopic (exact) mass is 525 g/mol. The van der Waals surface area contributed by atoms with Crippen molar-refractivity contribution in [2.45, 2.75) is 64.3 Å². The fraction of sp³-hybridized carbons (Fsp3) is 0.552. The lowest BCUT2D eigenvalue weighted by atomic mass is 9.76. The summed E-state index contributed by atoms with van der Waals surface area (Å²) in [6, 6.07) is 9.72. The lowest BCUT2D eigenvalue weighted by Crippen LogP contribution is -2.33. The fourth-order valence-electron chi connectivity index (χ4n) is 6.42. The number of thiazole rings is 1. The second kappa shape index (κ2) is 9.70. The number of carbonyl (C=O) groups is 1. The van der Waals surface area contributed by atoms with E-state index in [1.165, 1.54) is 35.5 Å². The Bertz CT molecular complexity index is 1290. The van der Waals surface area contributed by atoms with Crippen LogP contribution in [0.15, 0.2) is 36.5 Å². The molecule has 1 aromatic carbocycles. The number of aromatic nitrogens is 2.